The van der Waals surface area contributed by atoms with E-state index < -0.39 is 0 Å². The Bertz CT molecular complexity index is 286. The average molecular weight is 238 g/mol. The number of rotatable bonds is 5. The van der Waals surface area contributed by atoms with E-state index in [0.717, 1.165) is 6.54 Å². The number of carbonyl (C=O) groups excluding carboxylic acids is 1. The lowest BCUT2D eigenvalue weighted by molar-refractivity contribution is -0.142. The van der Waals surface area contributed by atoms with E-state index in [9.17, 15) is 4.79 Å². The third kappa shape index (κ3) is 4.74. The van der Waals surface area contributed by atoms with Crippen LogP contribution >= 0.6 is 0 Å². The Labute approximate surface area is 104 Å². The molecular formula is C13H22N2O2. The maximum absolute atomic E-state index is 11.2. The summed E-state index contributed by atoms with van der Waals surface area (Å²) < 4.78 is 4.65. The Kier molecular flexibility index (Phi) is 5.99. The molecule has 0 amide bonds. The predicted octanol–water partition coefficient (Wildman–Crippen LogP) is 1.81. The normalized spacial score (nSPS) is 24.4. The summed E-state index contributed by atoms with van der Waals surface area (Å²) in [6.07, 6.45) is 5.06. The highest BCUT2D eigenvalue weighted by Crippen LogP contribution is 2.30. The lowest BCUT2D eigenvalue weighted by Gasteiger charge is -2.32. The van der Waals surface area contributed by atoms with Crippen LogP contribution in [-0.2, 0) is 9.53 Å². The number of hydrogen-bond donors (Lipinski definition) is 0. The van der Waals surface area contributed by atoms with Gasteiger partial charge in [-0.15, -0.1) is 0 Å². The van der Waals surface area contributed by atoms with Gasteiger partial charge in [0.25, 0.3) is 0 Å². The topological polar surface area (TPSA) is 53.3 Å². The number of nitrogens with zero attached hydrogens (tertiary/aromatic N) is 2. The molecule has 0 unspecified atom stereocenters. The van der Waals surface area contributed by atoms with Crippen LogP contribution in [0.4, 0.5) is 0 Å². The average Bonchev–Trinajstić information content (AvgIpc) is 2.32. The van der Waals surface area contributed by atoms with Gasteiger partial charge in [-0.1, -0.05) is 26.2 Å². The van der Waals surface area contributed by atoms with Crippen LogP contribution in [0, 0.1) is 23.2 Å². The zero-order valence-electron chi connectivity index (χ0n) is 10.8. The van der Waals surface area contributed by atoms with Crippen molar-refractivity contribution >= 4 is 5.97 Å². The molecule has 1 saturated carbocycles. The second-order valence-corrected chi connectivity index (χ2v) is 4.93. The molecule has 0 N–H and O–H groups in total. The van der Waals surface area contributed by atoms with Crippen molar-refractivity contribution in [1.82, 2.24) is 4.90 Å². The SMILES string of the molecule is COC(=O)CN(CC#N)C[C@H]1CCCC[C@H]1C. The van der Waals surface area contributed by atoms with Gasteiger partial charge in [0.05, 0.1) is 26.3 Å². The van der Waals surface area contributed by atoms with Gasteiger partial charge in [0.2, 0.25) is 0 Å². The maximum atomic E-state index is 11.2. The molecule has 0 aromatic heterocycles. The van der Waals surface area contributed by atoms with Gasteiger partial charge in [0, 0.05) is 6.54 Å². The number of hydrogen-bond acceptors (Lipinski definition) is 4. The van der Waals surface area contributed by atoms with Crippen LogP contribution in [0.25, 0.3) is 0 Å². The summed E-state index contributed by atoms with van der Waals surface area (Å²) in [5.41, 5.74) is 0. The van der Waals surface area contributed by atoms with E-state index in [1.54, 1.807) is 0 Å². The number of esters is 1. The summed E-state index contributed by atoms with van der Waals surface area (Å²) in [4.78, 5) is 13.1. The smallest absolute Gasteiger partial charge is 0.319 e. The Hall–Kier alpha value is -1.08. The van der Waals surface area contributed by atoms with Crippen LogP contribution < -0.4 is 0 Å². The fourth-order valence-corrected chi connectivity index (χ4v) is 2.53. The summed E-state index contributed by atoms with van der Waals surface area (Å²) in [6, 6.07) is 2.12. The summed E-state index contributed by atoms with van der Waals surface area (Å²) in [7, 11) is 1.39. The molecule has 1 aliphatic rings. The van der Waals surface area contributed by atoms with Gasteiger partial charge in [0.1, 0.15) is 0 Å². The fourth-order valence-electron chi connectivity index (χ4n) is 2.53. The Morgan fingerprint density at radius 3 is 2.76 bits per heavy atom. The van der Waals surface area contributed by atoms with Gasteiger partial charge < -0.3 is 4.74 Å². The first-order valence-electron chi connectivity index (χ1n) is 6.33. The molecule has 0 radical (unpaired) electrons. The molecule has 1 fully saturated rings. The molecule has 1 aliphatic carbocycles. The van der Waals surface area contributed by atoms with Crippen LogP contribution in [0.5, 0.6) is 0 Å². The van der Waals surface area contributed by atoms with Crippen molar-refractivity contribution in [3.05, 3.63) is 0 Å². The molecule has 0 spiro atoms. The molecule has 1 rings (SSSR count). The fraction of sp³-hybridized carbons (Fsp3) is 0.846. The first-order valence-corrected chi connectivity index (χ1v) is 6.33. The zero-order chi connectivity index (χ0) is 12.7. The first kappa shape index (κ1) is 14.0. The third-order valence-electron chi connectivity index (χ3n) is 3.66. The minimum absolute atomic E-state index is 0.229. The van der Waals surface area contributed by atoms with E-state index in [1.165, 1.54) is 32.8 Å². The molecule has 0 bridgehead atoms. The molecule has 2 atom stereocenters. The van der Waals surface area contributed by atoms with Crippen LogP contribution in [-0.4, -0.2) is 37.6 Å². The van der Waals surface area contributed by atoms with Gasteiger partial charge in [-0.2, -0.15) is 5.26 Å². The minimum atomic E-state index is -0.260. The Morgan fingerprint density at radius 2 is 2.18 bits per heavy atom. The first-order chi connectivity index (χ1) is 8.17. The van der Waals surface area contributed by atoms with Gasteiger partial charge in [-0.3, -0.25) is 9.69 Å². The van der Waals surface area contributed by atoms with E-state index in [1.807, 2.05) is 4.90 Å². The van der Waals surface area contributed by atoms with Gasteiger partial charge in [-0.05, 0) is 18.3 Å². The van der Waals surface area contributed by atoms with E-state index in [0.29, 0.717) is 18.4 Å². The highest BCUT2D eigenvalue weighted by atomic mass is 16.5. The molecule has 0 aromatic rings. The monoisotopic (exact) mass is 238 g/mol. The number of methoxy groups -OCH3 is 1. The summed E-state index contributed by atoms with van der Waals surface area (Å²) in [5, 5.41) is 8.77. The van der Waals surface area contributed by atoms with Gasteiger partial charge >= 0.3 is 5.97 Å². The Morgan fingerprint density at radius 1 is 1.47 bits per heavy atom. The molecule has 0 aromatic carbocycles. The number of ether oxygens (including phenoxy) is 1. The van der Waals surface area contributed by atoms with Crippen LogP contribution in [0.2, 0.25) is 0 Å². The third-order valence-corrected chi connectivity index (χ3v) is 3.66. The number of nitriles is 1. The van der Waals surface area contributed by atoms with Crippen LogP contribution in [0.1, 0.15) is 32.6 Å². The molecule has 4 heteroatoms. The van der Waals surface area contributed by atoms with Crippen molar-refractivity contribution in [2.75, 3.05) is 26.7 Å². The zero-order valence-corrected chi connectivity index (χ0v) is 10.8. The van der Waals surface area contributed by atoms with Crippen molar-refractivity contribution < 1.29 is 9.53 Å². The highest BCUT2D eigenvalue weighted by Gasteiger charge is 2.24. The van der Waals surface area contributed by atoms with Crippen molar-refractivity contribution in [1.29, 1.82) is 5.26 Å². The van der Waals surface area contributed by atoms with Crippen molar-refractivity contribution in [3.8, 4) is 6.07 Å². The molecule has 0 saturated heterocycles. The molecule has 0 aliphatic heterocycles. The summed E-state index contributed by atoms with van der Waals surface area (Å²) in [5.74, 6) is 1.05. The summed E-state index contributed by atoms with van der Waals surface area (Å²) >= 11 is 0. The van der Waals surface area contributed by atoms with Gasteiger partial charge in [0.15, 0.2) is 0 Å². The van der Waals surface area contributed by atoms with E-state index in [2.05, 4.69) is 17.7 Å². The second-order valence-electron chi connectivity index (χ2n) is 4.93. The summed E-state index contributed by atoms with van der Waals surface area (Å²) in [6.45, 7) is 3.64. The van der Waals surface area contributed by atoms with E-state index >= 15 is 0 Å². The second kappa shape index (κ2) is 7.29. The minimum Gasteiger partial charge on any atom is -0.468 e. The Balaban J connectivity index is 2.47. The molecule has 0 heterocycles. The molecule has 96 valence electrons. The largest absolute Gasteiger partial charge is 0.468 e. The van der Waals surface area contributed by atoms with Crippen LogP contribution in [0.15, 0.2) is 0 Å². The lowest BCUT2D eigenvalue weighted by Crippen LogP contribution is -2.37. The predicted molar refractivity (Wildman–Crippen MR) is 65.2 cm³/mol. The maximum Gasteiger partial charge on any atom is 0.319 e. The van der Waals surface area contributed by atoms with Gasteiger partial charge in [-0.25, -0.2) is 0 Å². The molecule has 4 nitrogen and oxygen atoms in total. The molecule has 17 heavy (non-hydrogen) atoms. The molecular weight excluding hydrogens is 216 g/mol. The lowest BCUT2D eigenvalue weighted by atomic mass is 9.80. The van der Waals surface area contributed by atoms with Crippen molar-refractivity contribution in [2.24, 2.45) is 11.8 Å². The quantitative estimate of drug-likeness (QED) is 0.541. The number of carbonyl (C=O) groups is 1. The van der Waals surface area contributed by atoms with Crippen molar-refractivity contribution in [2.45, 2.75) is 32.6 Å². The standard InChI is InChI=1S/C13H22N2O2/c1-11-5-3-4-6-12(11)9-15(8-7-14)10-13(16)17-2/h11-12H,3-6,8-10H2,1-2H3/t11-,12-/m1/s1. The highest BCUT2D eigenvalue weighted by molar-refractivity contribution is 5.71. The van der Waals surface area contributed by atoms with E-state index in [4.69, 9.17) is 5.26 Å². The van der Waals surface area contributed by atoms with Crippen molar-refractivity contribution in [3.63, 3.8) is 0 Å². The van der Waals surface area contributed by atoms with Crippen LogP contribution in [0.3, 0.4) is 0 Å². The van der Waals surface area contributed by atoms with E-state index in [-0.39, 0.29) is 12.5 Å².